The number of aliphatic hydroxyl groups is 1. The molecule has 0 radical (unpaired) electrons. The number of alkyl halides is 1. The van der Waals surface area contributed by atoms with Crippen LogP contribution >= 0.6 is 27.5 Å². The largest absolute Gasteiger partial charge is 0.392 e. The molecular formula is C10H10BrClO2. The number of hydrogen-bond acceptors (Lipinski definition) is 2. The van der Waals surface area contributed by atoms with E-state index in [0.717, 1.165) is 5.56 Å². The molecular weight excluding hydrogens is 267 g/mol. The van der Waals surface area contributed by atoms with Crippen LogP contribution in [-0.2, 0) is 11.4 Å². The summed E-state index contributed by atoms with van der Waals surface area (Å²) >= 11 is 9.08. The van der Waals surface area contributed by atoms with Crippen molar-refractivity contribution in [2.45, 2.75) is 18.4 Å². The molecule has 1 aromatic rings. The molecule has 1 atom stereocenters. The Morgan fingerprint density at radius 2 is 2.29 bits per heavy atom. The average molecular weight is 278 g/mol. The highest BCUT2D eigenvalue weighted by atomic mass is 79.9. The number of hydrogen-bond donors (Lipinski definition) is 1. The smallest absolute Gasteiger partial charge is 0.147 e. The monoisotopic (exact) mass is 276 g/mol. The lowest BCUT2D eigenvalue weighted by atomic mass is 10.1. The van der Waals surface area contributed by atoms with Crippen LogP contribution in [0.3, 0.4) is 0 Å². The topological polar surface area (TPSA) is 37.3 Å². The zero-order valence-corrected chi connectivity index (χ0v) is 9.97. The van der Waals surface area contributed by atoms with Crippen molar-refractivity contribution in [3.05, 3.63) is 34.3 Å². The fourth-order valence-electron chi connectivity index (χ4n) is 1.11. The normalized spacial score (nSPS) is 12.6. The Bertz CT molecular complexity index is 352. The maximum absolute atomic E-state index is 11.1. The van der Waals surface area contributed by atoms with Crippen LogP contribution in [0, 0.1) is 0 Å². The number of Topliss-reactive ketones (excluding diaryl/α,β-unsaturated/α-hetero) is 1. The van der Waals surface area contributed by atoms with Crippen LogP contribution < -0.4 is 0 Å². The molecule has 1 unspecified atom stereocenters. The molecule has 2 nitrogen and oxygen atoms in total. The van der Waals surface area contributed by atoms with E-state index in [-0.39, 0.29) is 17.2 Å². The summed E-state index contributed by atoms with van der Waals surface area (Å²) in [5.41, 5.74) is 1.45. The van der Waals surface area contributed by atoms with E-state index in [1.165, 1.54) is 6.92 Å². The molecule has 0 saturated carbocycles. The Kier molecular flexibility index (Phi) is 4.11. The fraction of sp³-hybridized carbons (Fsp3) is 0.300. The predicted molar refractivity (Wildman–Crippen MR) is 59.7 cm³/mol. The van der Waals surface area contributed by atoms with E-state index >= 15 is 0 Å². The van der Waals surface area contributed by atoms with Gasteiger partial charge in [0.2, 0.25) is 0 Å². The fourth-order valence-corrected chi connectivity index (χ4v) is 1.57. The van der Waals surface area contributed by atoms with E-state index < -0.39 is 0 Å². The highest BCUT2D eigenvalue weighted by Gasteiger charge is 2.13. The molecule has 0 fully saturated rings. The minimum atomic E-state index is -0.329. The lowest BCUT2D eigenvalue weighted by Crippen LogP contribution is -2.01. The van der Waals surface area contributed by atoms with E-state index in [1.807, 2.05) is 0 Å². The molecule has 0 aliphatic carbocycles. The second kappa shape index (κ2) is 4.91. The van der Waals surface area contributed by atoms with Gasteiger partial charge in [-0.25, -0.2) is 0 Å². The third kappa shape index (κ3) is 2.56. The first kappa shape index (κ1) is 11.7. The summed E-state index contributed by atoms with van der Waals surface area (Å²) in [6.45, 7) is 1.39. The van der Waals surface area contributed by atoms with E-state index in [4.69, 9.17) is 16.7 Å². The van der Waals surface area contributed by atoms with Gasteiger partial charge < -0.3 is 5.11 Å². The molecule has 1 N–H and O–H groups in total. The minimum absolute atomic E-state index is 0.0243. The molecule has 0 bridgehead atoms. The molecule has 0 aliphatic rings. The molecule has 0 aromatic heterocycles. The van der Waals surface area contributed by atoms with Gasteiger partial charge >= 0.3 is 0 Å². The van der Waals surface area contributed by atoms with Crippen LogP contribution in [0.25, 0.3) is 0 Å². The van der Waals surface area contributed by atoms with Gasteiger partial charge in [0, 0.05) is 5.02 Å². The van der Waals surface area contributed by atoms with Gasteiger partial charge in [0.15, 0.2) is 0 Å². The minimum Gasteiger partial charge on any atom is -0.392 e. The zero-order valence-electron chi connectivity index (χ0n) is 7.63. The Hall–Kier alpha value is -0.380. The van der Waals surface area contributed by atoms with Crippen molar-refractivity contribution in [2.75, 3.05) is 0 Å². The summed E-state index contributed by atoms with van der Waals surface area (Å²) in [4.78, 5) is 10.8. The quantitative estimate of drug-likeness (QED) is 0.863. The Labute approximate surface area is 96.0 Å². The summed E-state index contributed by atoms with van der Waals surface area (Å²) in [5, 5.41) is 9.49. The number of benzene rings is 1. The van der Waals surface area contributed by atoms with E-state index in [9.17, 15) is 4.79 Å². The molecule has 0 spiro atoms. The van der Waals surface area contributed by atoms with Gasteiger partial charge in [-0.2, -0.15) is 0 Å². The van der Waals surface area contributed by atoms with Gasteiger partial charge in [-0.15, -0.1) is 0 Å². The number of aliphatic hydroxyl groups excluding tert-OH is 1. The highest BCUT2D eigenvalue weighted by Crippen LogP contribution is 2.27. The molecule has 0 aliphatic heterocycles. The second-order valence-electron chi connectivity index (χ2n) is 2.98. The van der Waals surface area contributed by atoms with Crippen molar-refractivity contribution in [2.24, 2.45) is 0 Å². The molecule has 1 aromatic carbocycles. The third-order valence-corrected chi connectivity index (χ3v) is 3.43. The van der Waals surface area contributed by atoms with Crippen LogP contribution in [0.1, 0.15) is 22.9 Å². The molecule has 14 heavy (non-hydrogen) atoms. The average Bonchev–Trinajstić information content (AvgIpc) is 2.17. The number of halogens is 2. The van der Waals surface area contributed by atoms with Gasteiger partial charge in [-0.3, -0.25) is 4.79 Å². The van der Waals surface area contributed by atoms with Gasteiger partial charge in [0.1, 0.15) is 5.78 Å². The van der Waals surface area contributed by atoms with Gasteiger partial charge in [0.25, 0.3) is 0 Å². The van der Waals surface area contributed by atoms with Crippen LogP contribution in [0.15, 0.2) is 18.2 Å². The Balaban J connectivity index is 3.06. The summed E-state index contributed by atoms with van der Waals surface area (Å²) in [5.74, 6) is 0.0243. The van der Waals surface area contributed by atoms with Crippen LogP contribution in [-0.4, -0.2) is 10.9 Å². The standard InChI is InChI=1S/C10H10BrClO2/c1-6(14)10(11)7-2-3-9(12)8(4-7)5-13/h2-4,10,13H,5H2,1H3. The molecule has 0 amide bonds. The first-order valence-electron chi connectivity index (χ1n) is 4.10. The van der Waals surface area contributed by atoms with Crippen molar-refractivity contribution in [3.8, 4) is 0 Å². The van der Waals surface area contributed by atoms with Crippen molar-refractivity contribution < 1.29 is 9.90 Å². The molecule has 4 heteroatoms. The van der Waals surface area contributed by atoms with Gasteiger partial charge in [0.05, 0.1) is 11.4 Å². The number of rotatable bonds is 3. The predicted octanol–water partition coefficient (Wildman–Crippen LogP) is 2.86. The van der Waals surface area contributed by atoms with Crippen LogP contribution in [0.4, 0.5) is 0 Å². The lowest BCUT2D eigenvalue weighted by molar-refractivity contribution is -0.116. The lowest BCUT2D eigenvalue weighted by Gasteiger charge is -2.08. The number of carbonyl (C=O) groups is 1. The highest BCUT2D eigenvalue weighted by molar-refractivity contribution is 9.09. The molecule has 0 heterocycles. The van der Waals surface area contributed by atoms with Gasteiger partial charge in [-0.05, 0) is 24.1 Å². The molecule has 1 rings (SSSR count). The molecule has 76 valence electrons. The SMILES string of the molecule is CC(=O)C(Br)c1ccc(Cl)c(CO)c1. The zero-order chi connectivity index (χ0) is 10.7. The summed E-state index contributed by atoms with van der Waals surface area (Å²) in [7, 11) is 0. The van der Waals surface area contributed by atoms with E-state index in [1.54, 1.807) is 18.2 Å². The first-order chi connectivity index (χ1) is 6.56. The van der Waals surface area contributed by atoms with Gasteiger partial charge in [-0.1, -0.05) is 39.7 Å². The maximum Gasteiger partial charge on any atom is 0.147 e. The van der Waals surface area contributed by atoms with Crippen molar-refractivity contribution in [1.82, 2.24) is 0 Å². The van der Waals surface area contributed by atoms with Crippen molar-refractivity contribution in [3.63, 3.8) is 0 Å². The Morgan fingerprint density at radius 1 is 1.64 bits per heavy atom. The summed E-state index contributed by atoms with van der Waals surface area (Å²) in [6.07, 6.45) is 0. The van der Waals surface area contributed by atoms with E-state index in [2.05, 4.69) is 15.9 Å². The first-order valence-corrected chi connectivity index (χ1v) is 5.39. The van der Waals surface area contributed by atoms with Crippen LogP contribution in [0.5, 0.6) is 0 Å². The van der Waals surface area contributed by atoms with Crippen LogP contribution in [0.2, 0.25) is 5.02 Å². The third-order valence-electron chi connectivity index (χ3n) is 1.89. The molecule has 0 saturated heterocycles. The second-order valence-corrected chi connectivity index (χ2v) is 4.31. The maximum atomic E-state index is 11.1. The van der Waals surface area contributed by atoms with Crippen molar-refractivity contribution in [1.29, 1.82) is 0 Å². The van der Waals surface area contributed by atoms with E-state index in [0.29, 0.717) is 10.6 Å². The summed E-state index contributed by atoms with van der Waals surface area (Å²) in [6, 6.07) is 5.17. The summed E-state index contributed by atoms with van der Waals surface area (Å²) < 4.78 is 0. The number of ketones is 1. The number of carbonyl (C=O) groups excluding carboxylic acids is 1. The van der Waals surface area contributed by atoms with Crippen molar-refractivity contribution >= 4 is 33.3 Å². The Morgan fingerprint density at radius 3 is 2.79 bits per heavy atom.